The molecule has 1 nitrogen and oxygen atoms in total. The van der Waals surface area contributed by atoms with Crippen molar-refractivity contribution in [1.82, 2.24) is 0 Å². The Bertz CT molecular complexity index is 1090. The monoisotopic (exact) mass is 335 g/mol. The molecular weight excluding hydrogens is 314 g/mol. The van der Waals surface area contributed by atoms with Crippen LogP contribution in [0.25, 0.3) is 17.2 Å². The molecule has 0 aromatic heterocycles. The summed E-state index contributed by atoms with van der Waals surface area (Å²) in [6, 6.07) is 15.6. The lowest BCUT2D eigenvalue weighted by atomic mass is 9.83. The highest BCUT2D eigenvalue weighted by atomic mass is 14.7. The van der Waals surface area contributed by atoms with E-state index in [4.69, 9.17) is 0 Å². The van der Waals surface area contributed by atoms with E-state index in [1.807, 2.05) is 12.4 Å². The van der Waals surface area contributed by atoms with E-state index < -0.39 is 0 Å². The molecule has 126 valence electrons. The first kappa shape index (κ1) is 15.3. The molecule has 2 aliphatic carbocycles. The van der Waals surface area contributed by atoms with Crippen LogP contribution < -0.4 is 0 Å². The van der Waals surface area contributed by atoms with Gasteiger partial charge >= 0.3 is 0 Å². The molecule has 3 aliphatic rings. The number of aryl methyl sites for hydroxylation is 1. The molecule has 1 heterocycles. The van der Waals surface area contributed by atoms with Crippen molar-refractivity contribution < 1.29 is 0 Å². The van der Waals surface area contributed by atoms with Crippen molar-refractivity contribution in [2.24, 2.45) is 4.99 Å². The van der Waals surface area contributed by atoms with E-state index in [1.54, 1.807) is 0 Å². The van der Waals surface area contributed by atoms with Crippen LogP contribution in [0.2, 0.25) is 0 Å². The Morgan fingerprint density at radius 1 is 0.885 bits per heavy atom. The second kappa shape index (κ2) is 5.54. The maximum Gasteiger partial charge on any atom is 0.0350 e. The zero-order valence-corrected chi connectivity index (χ0v) is 15.4. The van der Waals surface area contributed by atoms with Gasteiger partial charge in [-0.25, -0.2) is 0 Å². The van der Waals surface area contributed by atoms with Gasteiger partial charge in [-0.05, 0) is 60.2 Å². The van der Waals surface area contributed by atoms with Crippen LogP contribution in [0.1, 0.15) is 36.5 Å². The van der Waals surface area contributed by atoms with Gasteiger partial charge in [-0.15, -0.1) is 0 Å². The standard InChI is InChI=1S/C25H21N/c1-15-7-9-18(10-8-15)20-5-4-6-21-22(20)12-17(3)24(21)25-16(2)11-19-13-26-14-23(19)25/h4-14,24H,1-3H3. The largest absolute Gasteiger partial charge is 0.263 e. The van der Waals surface area contributed by atoms with Gasteiger partial charge in [0.05, 0.1) is 0 Å². The minimum absolute atomic E-state index is 0.331. The molecule has 2 aromatic carbocycles. The first-order chi connectivity index (χ1) is 12.6. The van der Waals surface area contributed by atoms with Gasteiger partial charge < -0.3 is 0 Å². The summed E-state index contributed by atoms with van der Waals surface area (Å²) in [4.78, 5) is 4.37. The van der Waals surface area contributed by atoms with Crippen LogP contribution in [-0.4, -0.2) is 6.21 Å². The van der Waals surface area contributed by atoms with Gasteiger partial charge in [-0.1, -0.05) is 59.7 Å². The van der Waals surface area contributed by atoms with Crippen LogP contribution in [0, 0.1) is 6.92 Å². The number of nitrogens with zero attached hydrogens (tertiary/aromatic N) is 1. The number of benzene rings is 2. The fourth-order valence-electron chi connectivity index (χ4n) is 4.50. The number of allylic oxidation sites excluding steroid dienone is 6. The lowest BCUT2D eigenvalue weighted by Crippen LogP contribution is -2.04. The number of hydrogen-bond donors (Lipinski definition) is 0. The second-order valence-corrected chi connectivity index (χ2v) is 7.51. The smallest absolute Gasteiger partial charge is 0.0350 e. The van der Waals surface area contributed by atoms with E-state index in [0.717, 1.165) is 0 Å². The Kier molecular flexibility index (Phi) is 3.27. The molecule has 2 aromatic rings. The SMILES string of the molecule is CC1=Cc2c(-c3ccc(C)cc3)cccc2C1C1=C(C)C=C2C=NC=C21. The van der Waals surface area contributed by atoms with Gasteiger partial charge in [0.15, 0.2) is 0 Å². The van der Waals surface area contributed by atoms with E-state index in [9.17, 15) is 0 Å². The molecular formula is C25H21N. The van der Waals surface area contributed by atoms with Crippen LogP contribution in [0.15, 0.2) is 87.6 Å². The molecule has 0 saturated heterocycles. The summed E-state index contributed by atoms with van der Waals surface area (Å²) in [5.74, 6) is 0.331. The average molecular weight is 335 g/mol. The third-order valence-corrected chi connectivity index (χ3v) is 5.74. The predicted octanol–water partition coefficient (Wildman–Crippen LogP) is 6.39. The predicted molar refractivity (Wildman–Crippen MR) is 110 cm³/mol. The van der Waals surface area contributed by atoms with E-state index in [0.29, 0.717) is 5.92 Å². The summed E-state index contributed by atoms with van der Waals surface area (Å²) in [6.07, 6.45) is 8.65. The van der Waals surface area contributed by atoms with E-state index in [1.165, 1.54) is 55.7 Å². The lowest BCUT2D eigenvalue weighted by Gasteiger charge is -2.20. The van der Waals surface area contributed by atoms with Gasteiger partial charge in [0.25, 0.3) is 0 Å². The van der Waals surface area contributed by atoms with Crippen LogP contribution in [0.3, 0.4) is 0 Å². The fourth-order valence-corrected chi connectivity index (χ4v) is 4.50. The average Bonchev–Trinajstić information content (AvgIpc) is 3.28. The molecule has 1 atom stereocenters. The van der Waals surface area contributed by atoms with Gasteiger partial charge in [0, 0.05) is 29.5 Å². The summed E-state index contributed by atoms with van der Waals surface area (Å²) in [5, 5.41) is 0. The van der Waals surface area contributed by atoms with Gasteiger partial charge in [0.2, 0.25) is 0 Å². The molecule has 1 unspecified atom stereocenters. The number of fused-ring (bicyclic) bond motifs is 2. The Balaban J connectivity index is 1.65. The summed E-state index contributed by atoms with van der Waals surface area (Å²) >= 11 is 0. The quantitative estimate of drug-likeness (QED) is 0.603. The molecule has 1 aliphatic heterocycles. The van der Waals surface area contributed by atoms with Crippen LogP contribution in [0.4, 0.5) is 0 Å². The highest BCUT2D eigenvalue weighted by Gasteiger charge is 2.34. The first-order valence-electron chi connectivity index (χ1n) is 9.18. The molecule has 0 fully saturated rings. The minimum Gasteiger partial charge on any atom is -0.263 e. The summed E-state index contributed by atoms with van der Waals surface area (Å²) in [7, 11) is 0. The number of rotatable bonds is 2. The summed E-state index contributed by atoms with van der Waals surface area (Å²) in [6.45, 7) is 6.62. The molecule has 0 radical (unpaired) electrons. The van der Waals surface area contributed by atoms with Crippen molar-refractivity contribution in [2.45, 2.75) is 26.7 Å². The molecule has 0 N–H and O–H groups in total. The molecule has 0 saturated carbocycles. The van der Waals surface area contributed by atoms with E-state index in [-0.39, 0.29) is 0 Å². The molecule has 0 spiro atoms. The molecule has 0 bridgehead atoms. The van der Waals surface area contributed by atoms with Gasteiger partial charge in [-0.2, -0.15) is 0 Å². The highest BCUT2D eigenvalue weighted by molar-refractivity contribution is 5.95. The topological polar surface area (TPSA) is 12.4 Å². The Morgan fingerprint density at radius 3 is 2.50 bits per heavy atom. The van der Waals surface area contributed by atoms with Crippen LogP contribution >= 0.6 is 0 Å². The molecule has 26 heavy (non-hydrogen) atoms. The zero-order valence-electron chi connectivity index (χ0n) is 15.4. The third-order valence-electron chi connectivity index (χ3n) is 5.74. The normalized spacial score (nSPS) is 20.1. The molecule has 5 rings (SSSR count). The van der Waals surface area contributed by atoms with Crippen molar-refractivity contribution in [3.8, 4) is 11.1 Å². The summed E-state index contributed by atoms with van der Waals surface area (Å²) < 4.78 is 0. The second-order valence-electron chi connectivity index (χ2n) is 7.51. The van der Waals surface area contributed by atoms with Gasteiger partial charge in [0.1, 0.15) is 0 Å². The lowest BCUT2D eigenvalue weighted by molar-refractivity contribution is 0.955. The first-order valence-corrected chi connectivity index (χ1v) is 9.18. The third kappa shape index (κ3) is 2.13. The van der Waals surface area contributed by atoms with E-state index in [2.05, 4.69) is 80.4 Å². The summed E-state index contributed by atoms with van der Waals surface area (Å²) in [5.41, 5.74) is 13.4. The Hall–Kier alpha value is -2.93. The number of hydrogen-bond acceptors (Lipinski definition) is 1. The van der Waals surface area contributed by atoms with Crippen LogP contribution in [0.5, 0.6) is 0 Å². The fraction of sp³-hybridized carbons (Fsp3) is 0.160. The van der Waals surface area contributed by atoms with Crippen molar-refractivity contribution >= 4 is 12.3 Å². The maximum atomic E-state index is 4.37. The number of aliphatic imine (C=N–C) groups is 1. The van der Waals surface area contributed by atoms with Crippen LogP contribution in [-0.2, 0) is 0 Å². The molecule has 0 amide bonds. The van der Waals surface area contributed by atoms with Gasteiger partial charge in [-0.3, -0.25) is 4.99 Å². The molecule has 1 heteroatoms. The van der Waals surface area contributed by atoms with Crippen molar-refractivity contribution in [3.05, 3.63) is 99.3 Å². The Labute approximate surface area is 154 Å². The van der Waals surface area contributed by atoms with Crippen molar-refractivity contribution in [2.75, 3.05) is 0 Å². The minimum atomic E-state index is 0.331. The highest BCUT2D eigenvalue weighted by Crippen LogP contribution is 2.50. The maximum absolute atomic E-state index is 4.37. The Morgan fingerprint density at radius 2 is 1.69 bits per heavy atom. The van der Waals surface area contributed by atoms with Crippen molar-refractivity contribution in [3.63, 3.8) is 0 Å². The van der Waals surface area contributed by atoms with Crippen molar-refractivity contribution in [1.29, 1.82) is 0 Å². The van der Waals surface area contributed by atoms with E-state index >= 15 is 0 Å². The zero-order chi connectivity index (χ0) is 17.8.